The number of halogens is 1. The Balaban J connectivity index is 2.28. The van der Waals surface area contributed by atoms with E-state index in [9.17, 15) is 9.50 Å². The molecular formula is C10H12FNO2. The average molecular weight is 197 g/mol. The molecule has 1 fully saturated rings. The van der Waals surface area contributed by atoms with Crippen molar-refractivity contribution < 1.29 is 14.2 Å². The molecule has 14 heavy (non-hydrogen) atoms. The van der Waals surface area contributed by atoms with Gasteiger partial charge in [0.05, 0.1) is 11.8 Å². The molecule has 0 atom stereocenters. The molecule has 0 amide bonds. The van der Waals surface area contributed by atoms with Gasteiger partial charge in [-0.05, 0) is 6.07 Å². The number of ether oxygens (including phenoxy) is 1. The van der Waals surface area contributed by atoms with Crippen LogP contribution in [0.5, 0.6) is 0 Å². The lowest BCUT2D eigenvalue weighted by Crippen LogP contribution is -2.33. The van der Waals surface area contributed by atoms with Gasteiger partial charge < -0.3 is 9.84 Å². The summed E-state index contributed by atoms with van der Waals surface area (Å²) in [7, 11) is 0. The maximum atomic E-state index is 12.9. The Morgan fingerprint density at radius 2 is 2.07 bits per heavy atom. The quantitative estimate of drug-likeness (QED) is 0.736. The molecule has 1 aromatic rings. The molecule has 1 aromatic heterocycles. The maximum Gasteiger partial charge on any atom is 0.141 e. The van der Waals surface area contributed by atoms with E-state index >= 15 is 0 Å². The van der Waals surface area contributed by atoms with E-state index in [2.05, 4.69) is 4.98 Å². The van der Waals surface area contributed by atoms with Crippen LogP contribution in [0, 0.1) is 5.82 Å². The summed E-state index contributed by atoms with van der Waals surface area (Å²) in [6, 6.07) is 1.33. The number of hydrogen-bond donors (Lipinski definition) is 1. The van der Waals surface area contributed by atoms with Gasteiger partial charge in [-0.2, -0.15) is 0 Å². The van der Waals surface area contributed by atoms with Gasteiger partial charge in [0.2, 0.25) is 0 Å². The van der Waals surface area contributed by atoms with E-state index < -0.39 is 11.4 Å². The zero-order chi connectivity index (χ0) is 10.0. The monoisotopic (exact) mass is 197 g/mol. The summed E-state index contributed by atoms with van der Waals surface area (Å²) >= 11 is 0. The van der Waals surface area contributed by atoms with Crippen LogP contribution in [0.15, 0.2) is 18.5 Å². The van der Waals surface area contributed by atoms with Crippen molar-refractivity contribution in [3.05, 3.63) is 29.8 Å². The standard InChI is InChI=1S/C10H12FNO2/c11-9-5-8(6-12-7-9)10(13)1-3-14-4-2-10/h5-7,13H,1-4H2. The molecule has 0 aromatic carbocycles. The van der Waals surface area contributed by atoms with Gasteiger partial charge in [0.25, 0.3) is 0 Å². The first-order chi connectivity index (χ1) is 6.71. The van der Waals surface area contributed by atoms with Crippen molar-refractivity contribution in [2.75, 3.05) is 13.2 Å². The lowest BCUT2D eigenvalue weighted by atomic mass is 9.87. The van der Waals surface area contributed by atoms with E-state index in [0.29, 0.717) is 31.6 Å². The highest BCUT2D eigenvalue weighted by atomic mass is 19.1. The molecule has 76 valence electrons. The van der Waals surface area contributed by atoms with Crippen molar-refractivity contribution >= 4 is 0 Å². The first kappa shape index (κ1) is 9.55. The molecule has 0 saturated carbocycles. The van der Waals surface area contributed by atoms with Crippen molar-refractivity contribution in [2.24, 2.45) is 0 Å². The highest BCUT2D eigenvalue weighted by molar-refractivity contribution is 5.19. The Labute approximate surface area is 81.5 Å². The van der Waals surface area contributed by atoms with Gasteiger partial charge in [0.15, 0.2) is 0 Å². The van der Waals surface area contributed by atoms with Crippen molar-refractivity contribution in [3.8, 4) is 0 Å². The average Bonchev–Trinajstić information content (AvgIpc) is 2.19. The van der Waals surface area contributed by atoms with Gasteiger partial charge in [0, 0.05) is 37.8 Å². The number of pyridine rings is 1. The van der Waals surface area contributed by atoms with Crippen molar-refractivity contribution in [1.29, 1.82) is 0 Å². The Bertz CT molecular complexity index is 324. The van der Waals surface area contributed by atoms with Crippen LogP contribution in [0.25, 0.3) is 0 Å². The number of nitrogens with zero attached hydrogens (tertiary/aromatic N) is 1. The number of hydrogen-bond acceptors (Lipinski definition) is 3. The summed E-state index contributed by atoms with van der Waals surface area (Å²) in [4.78, 5) is 3.73. The second-order valence-electron chi connectivity index (χ2n) is 3.54. The molecule has 0 unspecified atom stereocenters. The minimum Gasteiger partial charge on any atom is -0.385 e. The van der Waals surface area contributed by atoms with Crippen LogP contribution < -0.4 is 0 Å². The molecule has 3 nitrogen and oxygen atoms in total. The summed E-state index contributed by atoms with van der Waals surface area (Å²) in [5.74, 6) is -0.414. The van der Waals surface area contributed by atoms with Gasteiger partial charge in [-0.1, -0.05) is 0 Å². The smallest absolute Gasteiger partial charge is 0.141 e. The molecule has 4 heteroatoms. The van der Waals surface area contributed by atoms with Crippen LogP contribution in [0.4, 0.5) is 4.39 Å². The third kappa shape index (κ3) is 1.76. The fourth-order valence-electron chi connectivity index (χ4n) is 1.66. The summed E-state index contributed by atoms with van der Waals surface area (Å²) in [6.07, 6.45) is 3.64. The maximum absolute atomic E-state index is 12.9. The largest absolute Gasteiger partial charge is 0.385 e. The summed E-state index contributed by atoms with van der Waals surface area (Å²) in [6.45, 7) is 1.01. The lowest BCUT2D eigenvalue weighted by molar-refractivity contribution is -0.0682. The topological polar surface area (TPSA) is 42.4 Å². The van der Waals surface area contributed by atoms with E-state index in [1.807, 2.05) is 0 Å². The number of aromatic nitrogens is 1. The first-order valence-corrected chi connectivity index (χ1v) is 4.62. The zero-order valence-electron chi connectivity index (χ0n) is 7.74. The predicted molar refractivity (Wildman–Crippen MR) is 48.1 cm³/mol. The molecular weight excluding hydrogens is 185 g/mol. The minimum absolute atomic E-state index is 0.414. The van der Waals surface area contributed by atoms with Gasteiger partial charge in [-0.25, -0.2) is 4.39 Å². The molecule has 0 radical (unpaired) electrons. The van der Waals surface area contributed by atoms with Crippen LogP contribution >= 0.6 is 0 Å². The van der Waals surface area contributed by atoms with Gasteiger partial charge in [-0.15, -0.1) is 0 Å². The molecule has 2 rings (SSSR count). The minimum atomic E-state index is -0.965. The summed E-state index contributed by atoms with van der Waals surface area (Å²) < 4.78 is 18.0. The normalized spacial score (nSPS) is 20.7. The number of aliphatic hydroxyl groups is 1. The Morgan fingerprint density at radius 3 is 2.71 bits per heavy atom. The molecule has 1 aliphatic heterocycles. The fraction of sp³-hybridized carbons (Fsp3) is 0.500. The fourth-order valence-corrected chi connectivity index (χ4v) is 1.66. The Kier molecular flexibility index (Phi) is 2.48. The second-order valence-corrected chi connectivity index (χ2v) is 3.54. The SMILES string of the molecule is OC1(c2cncc(F)c2)CCOCC1. The Morgan fingerprint density at radius 1 is 1.36 bits per heavy atom. The van der Waals surface area contributed by atoms with Crippen LogP contribution in [0.3, 0.4) is 0 Å². The van der Waals surface area contributed by atoms with Crippen LogP contribution in [-0.4, -0.2) is 23.3 Å². The Hall–Kier alpha value is -1.00. The first-order valence-electron chi connectivity index (χ1n) is 4.62. The molecule has 1 N–H and O–H groups in total. The van der Waals surface area contributed by atoms with Crippen molar-refractivity contribution in [2.45, 2.75) is 18.4 Å². The molecule has 1 saturated heterocycles. The van der Waals surface area contributed by atoms with E-state index in [1.54, 1.807) is 0 Å². The molecule has 0 bridgehead atoms. The van der Waals surface area contributed by atoms with Gasteiger partial charge in [-0.3, -0.25) is 4.98 Å². The second kappa shape index (κ2) is 3.63. The predicted octanol–water partition coefficient (Wildman–Crippen LogP) is 1.22. The molecule has 1 aliphatic rings. The summed E-state index contributed by atoms with van der Waals surface area (Å²) in [5.41, 5.74) is -0.423. The van der Waals surface area contributed by atoms with Crippen LogP contribution in [-0.2, 0) is 10.3 Å². The van der Waals surface area contributed by atoms with Crippen molar-refractivity contribution in [1.82, 2.24) is 4.98 Å². The lowest BCUT2D eigenvalue weighted by Gasteiger charge is -2.32. The highest BCUT2D eigenvalue weighted by Crippen LogP contribution is 2.31. The van der Waals surface area contributed by atoms with Crippen LogP contribution in [0.1, 0.15) is 18.4 Å². The van der Waals surface area contributed by atoms with Gasteiger partial charge in [0.1, 0.15) is 5.82 Å². The number of rotatable bonds is 1. The van der Waals surface area contributed by atoms with Gasteiger partial charge >= 0.3 is 0 Å². The van der Waals surface area contributed by atoms with Crippen molar-refractivity contribution in [3.63, 3.8) is 0 Å². The van der Waals surface area contributed by atoms with E-state index in [1.165, 1.54) is 12.3 Å². The molecule has 0 spiro atoms. The molecule has 0 aliphatic carbocycles. The summed E-state index contributed by atoms with van der Waals surface area (Å²) in [5, 5.41) is 10.2. The van der Waals surface area contributed by atoms with E-state index in [0.717, 1.165) is 6.20 Å². The molecule has 2 heterocycles. The van der Waals surface area contributed by atoms with E-state index in [-0.39, 0.29) is 0 Å². The third-order valence-electron chi connectivity index (χ3n) is 2.56. The van der Waals surface area contributed by atoms with E-state index in [4.69, 9.17) is 4.74 Å². The van der Waals surface area contributed by atoms with Crippen LogP contribution in [0.2, 0.25) is 0 Å². The highest BCUT2D eigenvalue weighted by Gasteiger charge is 2.32. The third-order valence-corrected chi connectivity index (χ3v) is 2.56. The zero-order valence-corrected chi connectivity index (χ0v) is 7.74.